The van der Waals surface area contributed by atoms with Crippen molar-refractivity contribution in [2.24, 2.45) is 0 Å². The van der Waals surface area contributed by atoms with Crippen molar-refractivity contribution in [1.29, 1.82) is 0 Å². The summed E-state index contributed by atoms with van der Waals surface area (Å²) in [5, 5.41) is 4.66. The van der Waals surface area contributed by atoms with E-state index in [4.69, 9.17) is 0 Å². The zero-order chi connectivity index (χ0) is 12.3. The van der Waals surface area contributed by atoms with Crippen LogP contribution in [0.25, 0.3) is 0 Å². The molecule has 0 spiro atoms. The van der Waals surface area contributed by atoms with E-state index in [9.17, 15) is 0 Å². The van der Waals surface area contributed by atoms with Gasteiger partial charge in [0, 0.05) is 17.5 Å². The Hall–Kier alpha value is -0.160. The SMILES string of the molecule is Cc1nc(C)c(CN(C)C2CCCNCC2)s1.Cl. The van der Waals surface area contributed by atoms with Crippen LogP contribution in [0.4, 0.5) is 0 Å². The van der Waals surface area contributed by atoms with Gasteiger partial charge in [0.2, 0.25) is 0 Å². The third-order valence-electron chi connectivity index (χ3n) is 3.56. The quantitative estimate of drug-likeness (QED) is 0.927. The van der Waals surface area contributed by atoms with Crippen LogP contribution < -0.4 is 5.32 Å². The lowest BCUT2D eigenvalue weighted by atomic mass is 10.1. The second-order valence-corrected chi connectivity index (χ2v) is 6.28. The molecule has 5 heteroatoms. The van der Waals surface area contributed by atoms with Crippen molar-refractivity contribution in [1.82, 2.24) is 15.2 Å². The zero-order valence-corrected chi connectivity index (χ0v) is 13.2. The van der Waals surface area contributed by atoms with Gasteiger partial charge in [-0.3, -0.25) is 4.90 Å². The number of rotatable bonds is 3. The predicted octanol–water partition coefficient (Wildman–Crippen LogP) is 2.76. The van der Waals surface area contributed by atoms with Crippen molar-refractivity contribution >= 4 is 23.7 Å². The first kappa shape index (κ1) is 15.9. The Morgan fingerprint density at radius 2 is 2.11 bits per heavy atom. The summed E-state index contributed by atoms with van der Waals surface area (Å²) in [4.78, 5) is 8.45. The van der Waals surface area contributed by atoms with Crippen LogP contribution in [0.5, 0.6) is 0 Å². The highest BCUT2D eigenvalue weighted by Gasteiger charge is 2.18. The smallest absolute Gasteiger partial charge is 0.0900 e. The first-order valence-corrected chi connectivity index (χ1v) is 7.32. The fraction of sp³-hybridized carbons (Fsp3) is 0.769. The summed E-state index contributed by atoms with van der Waals surface area (Å²) in [7, 11) is 2.25. The minimum atomic E-state index is 0. The molecule has 104 valence electrons. The van der Waals surface area contributed by atoms with E-state index in [1.54, 1.807) is 0 Å². The van der Waals surface area contributed by atoms with Gasteiger partial charge in [0.1, 0.15) is 0 Å². The molecular weight excluding hydrogens is 266 g/mol. The summed E-state index contributed by atoms with van der Waals surface area (Å²) < 4.78 is 0. The van der Waals surface area contributed by atoms with Crippen molar-refractivity contribution in [3.8, 4) is 0 Å². The molecule has 0 aliphatic carbocycles. The summed E-state index contributed by atoms with van der Waals surface area (Å²) in [5.74, 6) is 0. The molecule has 0 bridgehead atoms. The minimum Gasteiger partial charge on any atom is -0.317 e. The third kappa shape index (κ3) is 4.19. The van der Waals surface area contributed by atoms with Crippen molar-refractivity contribution in [3.05, 3.63) is 15.6 Å². The maximum Gasteiger partial charge on any atom is 0.0900 e. The first-order valence-electron chi connectivity index (χ1n) is 6.50. The summed E-state index contributed by atoms with van der Waals surface area (Å²) in [6, 6.07) is 0.729. The van der Waals surface area contributed by atoms with Gasteiger partial charge >= 0.3 is 0 Å². The molecule has 1 N–H and O–H groups in total. The molecule has 1 unspecified atom stereocenters. The molecular formula is C13H24ClN3S. The van der Waals surface area contributed by atoms with Crippen LogP contribution >= 0.6 is 23.7 Å². The monoisotopic (exact) mass is 289 g/mol. The van der Waals surface area contributed by atoms with E-state index in [0.29, 0.717) is 0 Å². The minimum absolute atomic E-state index is 0. The molecule has 0 radical (unpaired) electrons. The van der Waals surface area contributed by atoms with Gasteiger partial charge < -0.3 is 5.32 Å². The summed E-state index contributed by atoms with van der Waals surface area (Å²) >= 11 is 1.84. The largest absolute Gasteiger partial charge is 0.317 e. The number of nitrogens with zero attached hydrogens (tertiary/aromatic N) is 2. The number of nitrogens with one attached hydrogen (secondary N) is 1. The van der Waals surface area contributed by atoms with Crippen LogP contribution in [0.1, 0.15) is 34.8 Å². The molecule has 1 saturated heterocycles. The average molecular weight is 290 g/mol. The molecule has 1 aromatic heterocycles. The molecule has 0 aromatic carbocycles. The van der Waals surface area contributed by atoms with Crippen molar-refractivity contribution in [2.45, 2.75) is 45.7 Å². The van der Waals surface area contributed by atoms with E-state index < -0.39 is 0 Å². The van der Waals surface area contributed by atoms with E-state index in [0.717, 1.165) is 19.1 Å². The lowest BCUT2D eigenvalue weighted by molar-refractivity contribution is 0.218. The van der Waals surface area contributed by atoms with Gasteiger partial charge in [-0.05, 0) is 53.2 Å². The Balaban J connectivity index is 0.00000162. The predicted molar refractivity (Wildman–Crippen MR) is 80.8 cm³/mol. The zero-order valence-electron chi connectivity index (χ0n) is 11.5. The molecule has 1 aromatic rings. The van der Waals surface area contributed by atoms with Gasteiger partial charge in [-0.25, -0.2) is 4.98 Å². The highest BCUT2D eigenvalue weighted by molar-refractivity contribution is 7.11. The Labute approximate surface area is 120 Å². The highest BCUT2D eigenvalue weighted by atomic mass is 35.5. The van der Waals surface area contributed by atoms with E-state index in [1.807, 2.05) is 11.3 Å². The van der Waals surface area contributed by atoms with Crippen molar-refractivity contribution in [2.75, 3.05) is 20.1 Å². The van der Waals surface area contributed by atoms with Gasteiger partial charge in [-0.1, -0.05) is 0 Å². The Morgan fingerprint density at radius 3 is 2.78 bits per heavy atom. The van der Waals surface area contributed by atoms with E-state index >= 15 is 0 Å². The summed E-state index contributed by atoms with van der Waals surface area (Å²) in [5.41, 5.74) is 1.21. The number of hydrogen-bond donors (Lipinski definition) is 1. The van der Waals surface area contributed by atoms with Crippen LogP contribution in [-0.4, -0.2) is 36.1 Å². The molecule has 1 aliphatic heterocycles. The topological polar surface area (TPSA) is 28.2 Å². The molecule has 0 saturated carbocycles. The van der Waals surface area contributed by atoms with Crippen molar-refractivity contribution in [3.63, 3.8) is 0 Å². The first-order chi connectivity index (χ1) is 8.16. The van der Waals surface area contributed by atoms with Gasteiger partial charge in [0.15, 0.2) is 0 Å². The second kappa shape index (κ2) is 7.43. The second-order valence-electron chi connectivity index (χ2n) is 4.99. The standard InChI is InChI=1S/C13H23N3S.ClH/c1-10-13(17-11(2)15-10)9-16(3)12-5-4-7-14-8-6-12;/h12,14H,4-9H2,1-3H3;1H. The summed E-state index contributed by atoms with van der Waals surface area (Å²) in [6.07, 6.45) is 3.89. The number of aryl methyl sites for hydroxylation is 2. The number of thiazole rings is 1. The third-order valence-corrected chi connectivity index (χ3v) is 4.62. The molecule has 1 fully saturated rings. The number of hydrogen-bond acceptors (Lipinski definition) is 4. The highest BCUT2D eigenvalue weighted by Crippen LogP contribution is 2.21. The van der Waals surface area contributed by atoms with Gasteiger partial charge in [0.05, 0.1) is 10.7 Å². The molecule has 1 atom stereocenters. The Kier molecular flexibility index (Phi) is 6.57. The van der Waals surface area contributed by atoms with E-state index in [1.165, 1.54) is 41.4 Å². The van der Waals surface area contributed by atoms with Crippen LogP contribution in [-0.2, 0) is 6.54 Å². The lowest BCUT2D eigenvalue weighted by Gasteiger charge is -2.26. The van der Waals surface area contributed by atoms with Crippen LogP contribution in [0.3, 0.4) is 0 Å². The van der Waals surface area contributed by atoms with Crippen LogP contribution in [0.2, 0.25) is 0 Å². The average Bonchev–Trinajstić information content (AvgIpc) is 2.54. The van der Waals surface area contributed by atoms with Crippen molar-refractivity contribution < 1.29 is 0 Å². The van der Waals surface area contributed by atoms with Gasteiger partial charge in [0.25, 0.3) is 0 Å². The van der Waals surface area contributed by atoms with Crippen LogP contribution in [0.15, 0.2) is 0 Å². The Bertz CT molecular complexity index is 359. The fourth-order valence-corrected chi connectivity index (χ4v) is 3.52. The number of halogens is 1. The molecule has 2 rings (SSSR count). The van der Waals surface area contributed by atoms with Gasteiger partial charge in [-0.15, -0.1) is 23.7 Å². The number of aromatic nitrogens is 1. The van der Waals surface area contributed by atoms with E-state index in [2.05, 4.69) is 36.1 Å². The fourth-order valence-electron chi connectivity index (χ4n) is 2.52. The molecule has 2 heterocycles. The normalized spacial score (nSPS) is 20.6. The molecule has 18 heavy (non-hydrogen) atoms. The van der Waals surface area contributed by atoms with E-state index in [-0.39, 0.29) is 12.4 Å². The summed E-state index contributed by atoms with van der Waals surface area (Å²) in [6.45, 7) is 7.62. The van der Waals surface area contributed by atoms with Crippen LogP contribution in [0, 0.1) is 13.8 Å². The molecule has 1 aliphatic rings. The molecule has 3 nitrogen and oxygen atoms in total. The Morgan fingerprint density at radius 1 is 1.33 bits per heavy atom. The lowest BCUT2D eigenvalue weighted by Crippen LogP contribution is -2.31. The maximum atomic E-state index is 4.51. The molecule has 0 amide bonds. The maximum absolute atomic E-state index is 4.51. The van der Waals surface area contributed by atoms with Gasteiger partial charge in [-0.2, -0.15) is 0 Å².